The van der Waals surface area contributed by atoms with Gasteiger partial charge < -0.3 is 11.5 Å². The molecule has 0 aromatic carbocycles. The van der Waals surface area contributed by atoms with Crippen molar-refractivity contribution in [2.75, 3.05) is 0 Å². The zero-order valence-electron chi connectivity index (χ0n) is 7.24. The summed E-state index contributed by atoms with van der Waals surface area (Å²) in [5, 5.41) is 0. The lowest BCUT2D eigenvalue weighted by atomic mass is 9.83. The van der Waals surface area contributed by atoms with Crippen LogP contribution in [-0.4, -0.2) is 11.6 Å². The topological polar surface area (TPSA) is 52.0 Å². The van der Waals surface area contributed by atoms with Crippen LogP contribution in [0.3, 0.4) is 0 Å². The van der Waals surface area contributed by atoms with E-state index < -0.39 is 0 Å². The lowest BCUT2D eigenvalue weighted by Crippen LogP contribution is -2.54. The second-order valence-electron chi connectivity index (χ2n) is 4.03. The Morgan fingerprint density at radius 3 is 2.67 bits per heavy atom. The summed E-state index contributed by atoms with van der Waals surface area (Å²) < 4.78 is 0. The van der Waals surface area contributed by atoms with Crippen LogP contribution < -0.4 is 11.5 Å². The highest BCUT2D eigenvalue weighted by molar-refractivity contribution is 5.26. The van der Waals surface area contributed by atoms with Crippen molar-refractivity contribution >= 4 is 0 Å². The molecule has 2 atom stereocenters. The fourth-order valence-corrected chi connectivity index (χ4v) is 1.73. The summed E-state index contributed by atoms with van der Waals surface area (Å²) in [6.45, 7) is 0. The van der Waals surface area contributed by atoms with Crippen molar-refractivity contribution in [2.45, 2.75) is 30.8 Å². The molecule has 2 heteroatoms. The van der Waals surface area contributed by atoms with Crippen molar-refractivity contribution < 1.29 is 0 Å². The molecule has 2 aliphatic carbocycles. The van der Waals surface area contributed by atoms with Crippen LogP contribution >= 0.6 is 0 Å². The lowest BCUT2D eigenvalue weighted by molar-refractivity contribution is 0.412. The van der Waals surface area contributed by atoms with Gasteiger partial charge in [-0.15, -0.1) is 0 Å². The Morgan fingerprint density at radius 2 is 2.08 bits per heavy atom. The predicted octanol–water partition coefficient (Wildman–Crippen LogP) is 0.937. The minimum atomic E-state index is -0.268. The van der Waals surface area contributed by atoms with Gasteiger partial charge in [-0.2, -0.15) is 0 Å². The molecule has 12 heavy (non-hydrogen) atoms. The highest BCUT2D eigenvalue weighted by atomic mass is 14.8. The van der Waals surface area contributed by atoms with Gasteiger partial charge in [0.1, 0.15) is 0 Å². The Labute approximate surface area is 73.3 Å². The Balaban J connectivity index is 2.06. The second-order valence-corrected chi connectivity index (χ2v) is 4.03. The number of allylic oxidation sites excluding steroid dienone is 2. The molecule has 2 rings (SSSR count). The van der Waals surface area contributed by atoms with Gasteiger partial charge >= 0.3 is 0 Å². The van der Waals surface area contributed by atoms with Crippen LogP contribution in [0.5, 0.6) is 0 Å². The normalized spacial score (nSPS) is 40.3. The highest BCUT2D eigenvalue weighted by Gasteiger charge is 2.36. The molecule has 0 spiro atoms. The molecule has 0 aromatic rings. The van der Waals surface area contributed by atoms with Gasteiger partial charge in [-0.25, -0.2) is 0 Å². The van der Waals surface area contributed by atoms with E-state index in [1.807, 2.05) is 18.2 Å². The predicted molar refractivity (Wildman–Crippen MR) is 50.5 cm³/mol. The molecule has 2 nitrogen and oxygen atoms in total. The molecular weight excluding hydrogens is 148 g/mol. The maximum Gasteiger partial charge on any atom is 0.0534 e. The van der Waals surface area contributed by atoms with Crippen LogP contribution in [0.1, 0.15) is 19.3 Å². The van der Waals surface area contributed by atoms with E-state index in [2.05, 4.69) is 6.08 Å². The summed E-state index contributed by atoms with van der Waals surface area (Å²) in [5.41, 5.74) is 11.8. The average molecular weight is 164 g/mol. The van der Waals surface area contributed by atoms with Crippen molar-refractivity contribution in [2.24, 2.45) is 17.4 Å². The summed E-state index contributed by atoms with van der Waals surface area (Å²) >= 11 is 0. The summed E-state index contributed by atoms with van der Waals surface area (Å²) in [4.78, 5) is 0. The van der Waals surface area contributed by atoms with Crippen molar-refractivity contribution in [1.82, 2.24) is 0 Å². The van der Waals surface area contributed by atoms with Crippen LogP contribution in [-0.2, 0) is 0 Å². The quantitative estimate of drug-likeness (QED) is 0.638. The van der Waals surface area contributed by atoms with Crippen molar-refractivity contribution in [3.63, 3.8) is 0 Å². The van der Waals surface area contributed by atoms with E-state index in [1.165, 1.54) is 12.8 Å². The molecular formula is C10H16N2. The molecule has 0 radical (unpaired) electrons. The lowest BCUT2D eigenvalue weighted by Gasteiger charge is -2.32. The first kappa shape index (κ1) is 8.02. The first-order chi connectivity index (χ1) is 5.71. The molecule has 0 amide bonds. The second kappa shape index (κ2) is 2.71. The largest absolute Gasteiger partial charge is 0.323 e. The third-order valence-corrected chi connectivity index (χ3v) is 2.80. The molecule has 0 aromatic heterocycles. The van der Waals surface area contributed by atoms with E-state index in [0.29, 0.717) is 0 Å². The Bertz CT molecular complexity index is 228. The van der Waals surface area contributed by atoms with Gasteiger partial charge in [0, 0.05) is 6.04 Å². The summed E-state index contributed by atoms with van der Waals surface area (Å²) in [7, 11) is 0. The van der Waals surface area contributed by atoms with E-state index in [0.717, 1.165) is 12.3 Å². The molecule has 0 heterocycles. The molecule has 2 aliphatic rings. The Hall–Kier alpha value is -0.600. The van der Waals surface area contributed by atoms with Crippen molar-refractivity contribution in [1.29, 1.82) is 0 Å². The van der Waals surface area contributed by atoms with Gasteiger partial charge in [0.25, 0.3) is 0 Å². The van der Waals surface area contributed by atoms with E-state index >= 15 is 0 Å². The van der Waals surface area contributed by atoms with E-state index in [4.69, 9.17) is 11.5 Å². The van der Waals surface area contributed by atoms with Crippen LogP contribution in [0.4, 0.5) is 0 Å². The minimum absolute atomic E-state index is 0.00287. The Kier molecular flexibility index (Phi) is 1.81. The molecule has 2 unspecified atom stereocenters. The number of rotatable bonds is 2. The zero-order chi connectivity index (χ0) is 8.60. The minimum Gasteiger partial charge on any atom is -0.323 e. The van der Waals surface area contributed by atoms with Crippen molar-refractivity contribution in [3.8, 4) is 0 Å². The molecule has 4 N–H and O–H groups in total. The molecule has 1 fully saturated rings. The summed E-state index contributed by atoms with van der Waals surface area (Å²) in [5.74, 6) is 0.831. The van der Waals surface area contributed by atoms with Crippen LogP contribution in [0, 0.1) is 5.92 Å². The van der Waals surface area contributed by atoms with E-state index in [-0.39, 0.29) is 11.6 Å². The third kappa shape index (κ3) is 1.45. The van der Waals surface area contributed by atoms with E-state index in [1.54, 1.807) is 0 Å². The van der Waals surface area contributed by atoms with Gasteiger partial charge in [0.15, 0.2) is 0 Å². The average Bonchev–Trinajstić information content (AvgIpc) is 2.79. The molecule has 0 saturated heterocycles. The maximum absolute atomic E-state index is 6.18. The first-order valence-electron chi connectivity index (χ1n) is 4.61. The van der Waals surface area contributed by atoms with E-state index in [9.17, 15) is 0 Å². The van der Waals surface area contributed by atoms with Crippen LogP contribution in [0.25, 0.3) is 0 Å². The fraction of sp³-hybridized carbons (Fsp3) is 0.600. The van der Waals surface area contributed by atoms with Gasteiger partial charge in [-0.3, -0.25) is 0 Å². The Morgan fingerprint density at radius 1 is 1.33 bits per heavy atom. The smallest absolute Gasteiger partial charge is 0.0534 e. The van der Waals surface area contributed by atoms with Gasteiger partial charge in [0.05, 0.1) is 5.54 Å². The standard InChI is InChI=1S/C10H16N2/c11-9-3-1-2-6-10(9,12)7-8-4-5-8/h1-3,6,8-9H,4-5,7,11-12H2. The number of nitrogens with two attached hydrogens (primary N) is 2. The van der Waals surface area contributed by atoms with Crippen molar-refractivity contribution in [3.05, 3.63) is 24.3 Å². The number of hydrogen-bond donors (Lipinski definition) is 2. The van der Waals surface area contributed by atoms with Crippen LogP contribution in [0.15, 0.2) is 24.3 Å². The monoisotopic (exact) mass is 164 g/mol. The van der Waals surface area contributed by atoms with Crippen LogP contribution in [0.2, 0.25) is 0 Å². The molecule has 66 valence electrons. The zero-order valence-corrected chi connectivity index (χ0v) is 7.24. The number of hydrogen-bond acceptors (Lipinski definition) is 2. The summed E-state index contributed by atoms with van der Waals surface area (Å²) in [6, 6.07) is 0.00287. The highest BCUT2D eigenvalue weighted by Crippen LogP contribution is 2.37. The molecule has 0 bridgehead atoms. The third-order valence-electron chi connectivity index (χ3n) is 2.80. The van der Waals surface area contributed by atoms with Gasteiger partial charge in [-0.05, 0) is 12.3 Å². The first-order valence-corrected chi connectivity index (χ1v) is 4.61. The molecule has 0 aliphatic heterocycles. The molecule has 1 saturated carbocycles. The van der Waals surface area contributed by atoms with Gasteiger partial charge in [0.2, 0.25) is 0 Å². The SMILES string of the molecule is NC1C=CC=CC1(N)CC1CC1. The summed E-state index contributed by atoms with van der Waals surface area (Å²) in [6.07, 6.45) is 11.7. The fourth-order valence-electron chi connectivity index (χ4n) is 1.73. The van der Waals surface area contributed by atoms with Gasteiger partial charge in [-0.1, -0.05) is 37.1 Å². The maximum atomic E-state index is 6.18.